The van der Waals surface area contributed by atoms with Crippen LogP contribution in [-0.2, 0) is 4.79 Å². The Bertz CT molecular complexity index is 681. The third-order valence-corrected chi connectivity index (χ3v) is 5.23. The highest BCUT2D eigenvalue weighted by Crippen LogP contribution is 2.29. The van der Waals surface area contributed by atoms with Gasteiger partial charge >= 0.3 is 6.61 Å². The lowest BCUT2D eigenvalue weighted by Gasteiger charge is -2.36. The first kappa shape index (κ1) is 19.5. The van der Waals surface area contributed by atoms with Gasteiger partial charge in [-0.2, -0.15) is 8.78 Å². The Morgan fingerprint density at radius 3 is 2.48 bits per heavy atom. The molecule has 4 rings (SSSR count). The van der Waals surface area contributed by atoms with E-state index < -0.39 is 6.61 Å². The first-order chi connectivity index (χ1) is 12.8. The fraction of sp³-hybridized carbons (Fsp3) is 0.579. The lowest BCUT2D eigenvalue weighted by molar-refractivity contribution is -0.129. The maximum Gasteiger partial charge on any atom is 0.387 e. The van der Waals surface area contributed by atoms with Gasteiger partial charge in [-0.15, -0.1) is 0 Å². The molecular weight excluding hydrogens is 356 g/mol. The molecule has 8 heteroatoms. The minimum atomic E-state index is -2.89. The Balaban J connectivity index is 1.68. The molecule has 0 N–H and O–H groups in total. The van der Waals surface area contributed by atoms with Crippen LogP contribution in [0.4, 0.5) is 8.78 Å². The highest BCUT2D eigenvalue weighted by molar-refractivity contribution is 5.94. The summed E-state index contributed by atoms with van der Waals surface area (Å²) in [4.78, 5) is 30.6. The molecule has 3 aliphatic rings. The van der Waals surface area contributed by atoms with E-state index in [2.05, 4.69) is 9.64 Å². The number of nitrogens with zero attached hydrogens (tertiary/aromatic N) is 3. The summed E-state index contributed by atoms with van der Waals surface area (Å²) in [6, 6.07) is 5.87. The van der Waals surface area contributed by atoms with Crippen molar-refractivity contribution in [3.05, 3.63) is 29.8 Å². The number of likely N-dealkylation sites (N-methyl/N-ethyl adjacent to an activating group) is 1. The Kier molecular flexibility index (Phi) is 5.94. The van der Waals surface area contributed by atoms with Gasteiger partial charge in [0.1, 0.15) is 5.75 Å². The van der Waals surface area contributed by atoms with Crippen molar-refractivity contribution < 1.29 is 23.1 Å². The summed E-state index contributed by atoms with van der Waals surface area (Å²) in [6.45, 7) is -0.383. The smallest absolute Gasteiger partial charge is 0.387 e. The van der Waals surface area contributed by atoms with Crippen LogP contribution in [0.2, 0.25) is 0 Å². The number of amides is 2. The van der Waals surface area contributed by atoms with Gasteiger partial charge in [-0.05, 0) is 43.0 Å². The Hall–Kier alpha value is -2.22. The van der Waals surface area contributed by atoms with E-state index in [1.807, 2.05) is 4.90 Å². The second kappa shape index (κ2) is 8.21. The molecular formula is C19H25F2N3O3. The predicted molar refractivity (Wildman–Crippen MR) is 95.8 cm³/mol. The predicted octanol–water partition coefficient (Wildman–Crippen LogP) is 1.91. The zero-order chi connectivity index (χ0) is 19.6. The van der Waals surface area contributed by atoms with Gasteiger partial charge in [0.25, 0.3) is 5.91 Å². The lowest BCUT2D eigenvalue weighted by Crippen LogP contribution is -2.47. The van der Waals surface area contributed by atoms with E-state index >= 15 is 0 Å². The Morgan fingerprint density at radius 1 is 1.15 bits per heavy atom. The van der Waals surface area contributed by atoms with Crippen LogP contribution in [0.5, 0.6) is 5.75 Å². The maximum atomic E-state index is 13.0. The summed E-state index contributed by atoms with van der Waals surface area (Å²) in [5, 5.41) is 0. The third kappa shape index (κ3) is 4.74. The summed E-state index contributed by atoms with van der Waals surface area (Å²) in [7, 11) is 3.48. The van der Waals surface area contributed by atoms with Crippen molar-refractivity contribution in [3.63, 3.8) is 0 Å². The zero-order valence-corrected chi connectivity index (χ0v) is 15.6. The first-order valence-corrected chi connectivity index (χ1v) is 9.12. The van der Waals surface area contributed by atoms with Crippen molar-refractivity contribution >= 4 is 11.8 Å². The van der Waals surface area contributed by atoms with Gasteiger partial charge in [0.05, 0.1) is 6.54 Å². The average molecular weight is 381 g/mol. The van der Waals surface area contributed by atoms with Crippen LogP contribution in [0.15, 0.2) is 24.3 Å². The molecule has 0 radical (unpaired) electrons. The van der Waals surface area contributed by atoms with Crippen LogP contribution in [-0.4, -0.2) is 79.4 Å². The van der Waals surface area contributed by atoms with Gasteiger partial charge in [-0.1, -0.05) is 0 Å². The minimum Gasteiger partial charge on any atom is -0.435 e. The standard InChI is InChI=1S/C19H25F2N3O3/c1-22(2)17(25)12-23-9-13-3-6-15(11-23)24(10-13)18(26)14-4-7-16(8-5-14)27-19(20)21/h4-5,7-8,13,15,19H,3,6,9-12H2,1-2H3/t13-,15+/m1/s1. The summed E-state index contributed by atoms with van der Waals surface area (Å²) >= 11 is 0. The number of benzene rings is 1. The number of rotatable bonds is 5. The van der Waals surface area contributed by atoms with Crippen molar-refractivity contribution in [2.24, 2.45) is 5.92 Å². The summed E-state index contributed by atoms with van der Waals surface area (Å²) in [5.41, 5.74) is 0.458. The number of ether oxygens (including phenoxy) is 1. The topological polar surface area (TPSA) is 53.1 Å². The number of fused-ring (bicyclic) bond motifs is 4. The number of hydrogen-bond acceptors (Lipinski definition) is 4. The average Bonchev–Trinajstić information content (AvgIpc) is 2.91. The van der Waals surface area contributed by atoms with Gasteiger partial charge in [0.2, 0.25) is 5.91 Å². The van der Waals surface area contributed by atoms with E-state index in [-0.39, 0.29) is 23.6 Å². The van der Waals surface area contributed by atoms with E-state index in [0.29, 0.717) is 31.1 Å². The molecule has 27 heavy (non-hydrogen) atoms. The number of alkyl halides is 2. The largest absolute Gasteiger partial charge is 0.435 e. The third-order valence-electron chi connectivity index (χ3n) is 5.23. The lowest BCUT2D eigenvalue weighted by atomic mass is 9.94. The number of carbonyl (C=O) groups is 2. The maximum absolute atomic E-state index is 13.0. The molecule has 0 aromatic heterocycles. The van der Waals surface area contributed by atoms with E-state index in [0.717, 1.165) is 19.4 Å². The zero-order valence-electron chi connectivity index (χ0n) is 15.6. The van der Waals surface area contributed by atoms with Gasteiger partial charge < -0.3 is 14.5 Å². The molecule has 2 amide bonds. The molecule has 1 aromatic rings. The molecule has 0 unspecified atom stereocenters. The van der Waals surface area contributed by atoms with E-state index in [9.17, 15) is 18.4 Å². The second-order valence-electron chi connectivity index (χ2n) is 7.44. The van der Waals surface area contributed by atoms with Crippen LogP contribution in [0.1, 0.15) is 23.2 Å². The van der Waals surface area contributed by atoms with Gasteiger partial charge in [0.15, 0.2) is 0 Å². The molecule has 1 aromatic carbocycles. The van der Waals surface area contributed by atoms with Crippen molar-refractivity contribution in [3.8, 4) is 5.75 Å². The van der Waals surface area contributed by atoms with Crippen LogP contribution in [0, 0.1) is 5.92 Å². The van der Waals surface area contributed by atoms with Crippen molar-refractivity contribution in [2.45, 2.75) is 25.5 Å². The first-order valence-electron chi connectivity index (χ1n) is 9.12. The van der Waals surface area contributed by atoms with Gasteiger partial charge in [-0.25, -0.2) is 0 Å². The molecule has 0 aliphatic carbocycles. The Morgan fingerprint density at radius 2 is 1.85 bits per heavy atom. The molecule has 3 fully saturated rings. The monoisotopic (exact) mass is 381 g/mol. The summed E-state index contributed by atoms with van der Waals surface area (Å²) in [6.07, 6.45) is 1.96. The minimum absolute atomic E-state index is 0.0345. The number of carbonyl (C=O) groups excluding carboxylic acids is 2. The summed E-state index contributed by atoms with van der Waals surface area (Å²) < 4.78 is 28.9. The Labute approximate surface area is 157 Å². The van der Waals surface area contributed by atoms with Crippen LogP contribution in [0.25, 0.3) is 0 Å². The molecule has 2 atom stereocenters. The number of piperidine rings is 1. The molecule has 2 bridgehead atoms. The summed E-state index contributed by atoms with van der Waals surface area (Å²) in [5.74, 6) is 0.328. The molecule has 6 nitrogen and oxygen atoms in total. The highest BCUT2D eigenvalue weighted by Gasteiger charge is 2.37. The van der Waals surface area contributed by atoms with Crippen molar-refractivity contribution in [1.82, 2.24) is 14.7 Å². The highest BCUT2D eigenvalue weighted by atomic mass is 19.3. The molecule has 148 valence electrons. The molecule has 3 saturated heterocycles. The quantitative estimate of drug-likeness (QED) is 0.782. The van der Waals surface area contributed by atoms with Crippen LogP contribution in [0.3, 0.4) is 0 Å². The van der Waals surface area contributed by atoms with E-state index in [4.69, 9.17) is 0 Å². The fourth-order valence-electron chi connectivity index (χ4n) is 3.83. The van der Waals surface area contributed by atoms with Gasteiger partial charge in [0, 0.05) is 45.3 Å². The molecule has 0 spiro atoms. The van der Waals surface area contributed by atoms with Crippen LogP contribution >= 0.6 is 0 Å². The van der Waals surface area contributed by atoms with Crippen molar-refractivity contribution in [2.75, 3.05) is 40.3 Å². The SMILES string of the molecule is CN(C)C(=O)CN1C[C@H]2CC[C@@H](C1)N(C(=O)c1ccc(OC(F)F)cc1)C2. The van der Waals surface area contributed by atoms with E-state index in [1.54, 1.807) is 19.0 Å². The number of halogens is 2. The van der Waals surface area contributed by atoms with E-state index in [1.165, 1.54) is 24.3 Å². The molecule has 3 aliphatic heterocycles. The van der Waals surface area contributed by atoms with Gasteiger partial charge in [-0.3, -0.25) is 14.5 Å². The second-order valence-corrected chi connectivity index (χ2v) is 7.44. The van der Waals surface area contributed by atoms with Crippen molar-refractivity contribution in [1.29, 1.82) is 0 Å². The molecule has 3 heterocycles. The normalized spacial score (nSPS) is 22.6. The molecule has 0 saturated carbocycles. The number of hydrogen-bond donors (Lipinski definition) is 0. The van der Waals surface area contributed by atoms with Crippen LogP contribution < -0.4 is 4.74 Å². The fourth-order valence-corrected chi connectivity index (χ4v) is 3.83.